The first-order valence-corrected chi connectivity index (χ1v) is 18.8. The fraction of sp³-hybridized carbons (Fsp3) is 0.118. The van der Waals surface area contributed by atoms with Crippen LogP contribution in [0.3, 0.4) is 0 Å². The lowest BCUT2D eigenvalue weighted by atomic mass is 9.81. The molecule has 0 aliphatic heterocycles. The van der Waals surface area contributed by atoms with E-state index < -0.39 is 0 Å². The number of hydrogen-bond acceptors (Lipinski definition) is 3. The first-order valence-electron chi connectivity index (χ1n) is 18.8. The van der Waals surface area contributed by atoms with E-state index in [4.69, 9.17) is 13.8 Å². The molecule has 9 aromatic rings. The Kier molecular flexibility index (Phi) is 7.35. The van der Waals surface area contributed by atoms with Crippen LogP contribution in [-0.2, 0) is 5.41 Å². The van der Waals surface area contributed by atoms with Gasteiger partial charge in [0.25, 0.3) is 0 Å². The predicted octanol–water partition coefficient (Wildman–Crippen LogP) is 14.1. The molecular formula is C51H39NO2. The van der Waals surface area contributed by atoms with Gasteiger partial charge in [0.1, 0.15) is 22.3 Å². The molecule has 2 heterocycles. The molecule has 1 aliphatic carbocycles. The van der Waals surface area contributed by atoms with Gasteiger partial charge < -0.3 is 8.83 Å². The number of para-hydroxylation sites is 2. The molecule has 3 heteroatoms. The number of fused-ring (bicyclic) bond motifs is 10. The number of benzene rings is 7. The smallest absolute Gasteiger partial charge is 0.140 e. The molecule has 10 rings (SSSR count). The molecule has 2 aromatic heterocycles. The molecule has 0 spiro atoms. The fourth-order valence-electron chi connectivity index (χ4n) is 8.70. The van der Waals surface area contributed by atoms with Crippen molar-refractivity contribution >= 4 is 55.2 Å². The van der Waals surface area contributed by atoms with Gasteiger partial charge in [0.15, 0.2) is 0 Å². The standard InChI is InChI=1S/C51H39NO2/c1-31(37-20-13-23-47-48(37)42-19-9-11-22-46(42)53-47)28-44(33-14-6-5-7-15-33)52-32(2)34-16-12-17-35(29-34)36-24-25-38-40-26-27-41-39-18-8-10-21-45(39)54-50(41)49(40)51(3,4)43(38)30-36/h5-30,32H,1-4H3/b31-28+,52-44?. The summed E-state index contributed by atoms with van der Waals surface area (Å²) in [4.78, 5) is 5.41. The Balaban J connectivity index is 1.02. The van der Waals surface area contributed by atoms with Gasteiger partial charge in [0.05, 0.1) is 11.8 Å². The van der Waals surface area contributed by atoms with Gasteiger partial charge in [0, 0.05) is 32.5 Å². The van der Waals surface area contributed by atoms with Gasteiger partial charge in [-0.1, -0.05) is 129 Å². The minimum Gasteiger partial charge on any atom is -0.456 e. The molecule has 1 atom stereocenters. The van der Waals surface area contributed by atoms with E-state index in [9.17, 15) is 0 Å². The SMILES string of the molecule is C/C(=C\C(=NC(C)c1cccc(-c2ccc3c(c2)C(C)(C)c2c-3ccc3c2oc2ccccc23)c1)c1ccccc1)c1cccc2oc3ccccc3c12. The highest BCUT2D eigenvalue weighted by Gasteiger charge is 2.38. The summed E-state index contributed by atoms with van der Waals surface area (Å²) in [6.07, 6.45) is 2.23. The van der Waals surface area contributed by atoms with Gasteiger partial charge in [0.2, 0.25) is 0 Å². The quantitative estimate of drug-likeness (QED) is 0.162. The second-order valence-corrected chi connectivity index (χ2v) is 15.1. The number of aliphatic imine (C=N–C) groups is 1. The van der Waals surface area contributed by atoms with E-state index in [-0.39, 0.29) is 11.5 Å². The van der Waals surface area contributed by atoms with Gasteiger partial charge >= 0.3 is 0 Å². The number of allylic oxidation sites excluding steroid dienone is 2. The van der Waals surface area contributed by atoms with Gasteiger partial charge in [-0.25, -0.2) is 0 Å². The van der Waals surface area contributed by atoms with E-state index in [1.807, 2.05) is 24.3 Å². The van der Waals surface area contributed by atoms with Crippen molar-refractivity contribution < 1.29 is 8.83 Å². The predicted molar refractivity (Wildman–Crippen MR) is 225 cm³/mol. The minimum absolute atomic E-state index is 0.0776. The molecule has 0 saturated heterocycles. The van der Waals surface area contributed by atoms with Crippen molar-refractivity contribution in [2.24, 2.45) is 4.99 Å². The summed E-state index contributed by atoms with van der Waals surface area (Å²) in [6, 6.07) is 53.7. The van der Waals surface area contributed by atoms with Gasteiger partial charge in [-0.05, 0) is 106 Å². The minimum atomic E-state index is -0.217. The molecule has 0 N–H and O–H groups in total. The maximum atomic E-state index is 6.54. The second-order valence-electron chi connectivity index (χ2n) is 15.1. The molecule has 54 heavy (non-hydrogen) atoms. The molecule has 1 unspecified atom stereocenters. The monoisotopic (exact) mass is 697 g/mol. The Morgan fingerprint density at radius 1 is 0.611 bits per heavy atom. The van der Waals surface area contributed by atoms with E-state index in [0.717, 1.165) is 55.5 Å². The lowest BCUT2D eigenvalue weighted by molar-refractivity contribution is 0.620. The largest absolute Gasteiger partial charge is 0.456 e. The van der Waals surface area contributed by atoms with E-state index in [1.54, 1.807) is 0 Å². The van der Waals surface area contributed by atoms with Crippen LogP contribution in [-0.4, -0.2) is 5.71 Å². The summed E-state index contributed by atoms with van der Waals surface area (Å²) in [7, 11) is 0. The Morgan fingerprint density at radius 3 is 2.13 bits per heavy atom. The van der Waals surface area contributed by atoms with Gasteiger partial charge in [-0.15, -0.1) is 0 Å². The Labute approximate surface area is 314 Å². The van der Waals surface area contributed by atoms with Crippen LogP contribution in [0, 0.1) is 0 Å². The Bertz CT molecular complexity index is 2990. The third-order valence-corrected chi connectivity index (χ3v) is 11.4. The number of furan rings is 2. The van der Waals surface area contributed by atoms with E-state index in [1.165, 1.54) is 49.7 Å². The molecule has 3 nitrogen and oxygen atoms in total. The topological polar surface area (TPSA) is 38.6 Å². The molecule has 0 fully saturated rings. The summed E-state index contributed by atoms with van der Waals surface area (Å²) < 4.78 is 12.8. The lowest BCUT2D eigenvalue weighted by Gasteiger charge is -2.22. The molecule has 1 aliphatic rings. The van der Waals surface area contributed by atoms with Crippen molar-refractivity contribution in [1.82, 2.24) is 0 Å². The Hall–Kier alpha value is -6.45. The summed E-state index contributed by atoms with van der Waals surface area (Å²) in [5.74, 6) is 0. The van der Waals surface area contributed by atoms with Crippen molar-refractivity contribution in [2.75, 3.05) is 0 Å². The molecule has 0 amide bonds. The number of nitrogens with zero attached hydrogens (tertiary/aromatic N) is 1. The highest BCUT2D eigenvalue weighted by molar-refractivity contribution is 6.16. The summed E-state index contributed by atoms with van der Waals surface area (Å²) in [6.45, 7) is 9.03. The van der Waals surface area contributed by atoms with Crippen molar-refractivity contribution in [2.45, 2.75) is 39.2 Å². The molecule has 7 aromatic carbocycles. The van der Waals surface area contributed by atoms with Crippen LogP contribution in [0.15, 0.2) is 172 Å². The van der Waals surface area contributed by atoms with Crippen LogP contribution in [0.1, 0.15) is 61.6 Å². The zero-order valence-electron chi connectivity index (χ0n) is 30.9. The van der Waals surface area contributed by atoms with Crippen LogP contribution in [0.25, 0.3) is 71.7 Å². The van der Waals surface area contributed by atoms with Gasteiger partial charge in [-0.2, -0.15) is 0 Å². The fourth-order valence-corrected chi connectivity index (χ4v) is 8.70. The van der Waals surface area contributed by atoms with Crippen LogP contribution >= 0.6 is 0 Å². The van der Waals surface area contributed by atoms with Crippen LogP contribution in [0.4, 0.5) is 0 Å². The lowest BCUT2D eigenvalue weighted by Crippen LogP contribution is -2.15. The molecule has 0 saturated carbocycles. The molecule has 0 bridgehead atoms. The average molecular weight is 698 g/mol. The molecule has 260 valence electrons. The third kappa shape index (κ3) is 5.07. The van der Waals surface area contributed by atoms with Crippen molar-refractivity contribution in [3.63, 3.8) is 0 Å². The van der Waals surface area contributed by atoms with Crippen LogP contribution in [0.2, 0.25) is 0 Å². The maximum Gasteiger partial charge on any atom is 0.140 e. The zero-order valence-corrected chi connectivity index (χ0v) is 30.9. The number of rotatable bonds is 6. The molecule has 0 radical (unpaired) electrons. The Morgan fingerprint density at radius 2 is 1.30 bits per heavy atom. The first kappa shape index (κ1) is 32.2. The van der Waals surface area contributed by atoms with Crippen molar-refractivity contribution in [3.8, 4) is 22.3 Å². The van der Waals surface area contributed by atoms with E-state index >= 15 is 0 Å². The summed E-state index contributed by atoms with van der Waals surface area (Å²) in [5, 5.41) is 4.61. The third-order valence-electron chi connectivity index (χ3n) is 11.4. The molecular weight excluding hydrogens is 659 g/mol. The van der Waals surface area contributed by atoms with Crippen molar-refractivity contribution in [1.29, 1.82) is 0 Å². The van der Waals surface area contributed by atoms with E-state index in [0.29, 0.717) is 0 Å². The second kappa shape index (κ2) is 12.3. The summed E-state index contributed by atoms with van der Waals surface area (Å²) >= 11 is 0. The normalized spacial score (nSPS) is 14.6. The summed E-state index contributed by atoms with van der Waals surface area (Å²) in [5.41, 5.74) is 16.5. The first-order chi connectivity index (χ1) is 26.3. The maximum absolute atomic E-state index is 6.54. The van der Waals surface area contributed by atoms with Crippen LogP contribution < -0.4 is 0 Å². The highest BCUT2D eigenvalue weighted by atomic mass is 16.3. The van der Waals surface area contributed by atoms with Gasteiger partial charge in [-0.3, -0.25) is 4.99 Å². The highest BCUT2D eigenvalue weighted by Crippen LogP contribution is 2.53. The van der Waals surface area contributed by atoms with Crippen molar-refractivity contribution in [3.05, 3.63) is 186 Å². The van der Waals surface area contributed by atoms with Crippen LogP contribution in [0.5, 0.6) is 0 Å². The van der Waals surface area contributed by atoms with E-state index in [2.05, 4.69) is 161 Å². The number of hydrogen-bond donors (Lipinski definition) is 0. The average Bonchev–Trinajstić information content (AvgIpc) is 3.85. The zero-order chi connectivity index (χ0) is 36.6.